The van der Waals surface area contributed by atoms with Gasteiger partial charge in [0.25, 0.3) is 0 Å². The maximum absolute atomic E-state index is 2.80. The third kappa shape index (κ3) is 4.56. The van der Waals surface area contributed by atoms with E-state index in [4.69, 9.17) is 0 Å². The third-order valence-electron chi connectivity index (χ3n) is 9.19. The van der Waals surface area contributed by atoms with Gasteiger partial charge in [-0.2, -0.15) is 0 Å². The molecule has 29 heavy (non-hydrogen) atoms. The lowest BCUT2D eigenvalue weighted by atomic mass is 9.71. The van der Waals surface area contributed by atoms with Crippen LogP contribution in [0, 0.1) is 10.8 Å². The SMILES string of the molecule is CC(C)N1CC2(CCN(C(C)CCC(C)N3CC4(CCN(C(C)C)C4)C3)CC2)C1. The van der Waals surface area contributed by atoms with Crippen LogP contribution in [-0.4, -0.2) is 96.1 Å². The molecule has 2 atom stereocenters. The molecule has 2 spiro atoms. The molecule has 168 valence electrons. The van der Waals surface area contributed by atoms with E-state index in [-0.39, 0.29) is 0 Å². The van der Waals surface area contributed by atoms with Gasteiger partial charge in [-0.25, -0.2) is 0 Å². The van der Waals surface area contributed by atoms with Crippen molar-refractivity contribution in [2.45, 2.75) is 97.8 Å². The summed E-state index contributed by atoms with van der Waals surface area (Å²) in [6.45, 7) is 25.1. The Balaban J connectivity index is 1.14. The Bertz CT molecular complexity index is 537. The van der Waals surface area contributed by atoms with Crippen LogP contribution in [0.1, 0.15) is 73.6 Å². The molecule has 0 radical (unpaired) electrons. The van der Waals surface area contributed by atoms with E-state index in [9.17, 15) is 0 Å². The standard InChI is InChI=1S/C25H48N4/c1-20(2)27-14-11-25(17-27)18-29(19-25)23(6)8-7-22(5)26-12-9-24(10-13-26)15-28(16-24)21(3)4/h20-23H,7-19H2,1-6H3. The van der Waals surface area contributed by atoms with Gasteiger partial charge in [-0.1, -0.05) is 0 Å². The molecule has 0 aromatic carbocycles. The van der Waals surface area contributed by atoms with Gasteiger partial charge in [0, 0.05) is 62.3 Å². The molecule has 4 heterocycles. The molecular formula is C25H48N4. The monoisotopic (exact) mass is 404 g/mol. The molecule has 4 rings (SSSR count). The molecule has 4 aliphatic rings. The Morgan fingerprint density at radius 1 is 0.517 bits per heavy atom. The molecule has 0 amide bonds. The second-order valence-corrected chi connectivity index (χ2v) is 12.0. The van der Waals surface area contributed by atoms with Crippen molar-refractivity contribution in [3.63, 3.8) is 0 Å². The van der Waals surface area contributed by atoms with Crippen molar-refractivity contribution in [3.05, 3.63) is 0 Å². The highest BCUT2D eigenvalue weighted by molar-refractivity contribution is 5.03. The molecule has 4 nitrogen and oxygen atoms in total. The van der Waals surface area contributed by atoms with Crippen molar-refractivity contribution in [3.8, 4) is 0 Å². The van der Waals surface area contributed by atoms with Crippen molar-refractivity contribution in [1.82, 2.24) is 19.6 Å². The van der Waals surface area contributed by atoms with Crippen molar-refractivity contribution >= 4 is 0 Å². The predicted octanol–water partition coefficient (Wildman–Crippen LogP) is 3.77. The van der Waals surface area contributed by atoms with E-state index in [0.29, 0.717) is 10.8 Å². The largest absolute Gasteiger partial charge is 0.301 e. The second kappa shape index (κ2) is 8.41. The molecule has 0 bridgehead atoms. The van der Waals surface area contributed by atoms with Gasteiger partial charge in [0.1, 0.15) is 0 Å². The summed E-state index contributed by atoms with van der Waals surface area (Å²) in [5.74, 6) is 0. The van der Waals surface area contributed by atoms with E-state index in [1.807, 2.05) is 0 Å². The molecule has 0 aromatic rings. The zero-order valence-electron chi connectivity index (χ0n) is 20.3. The Labute approximate surface area is 181 Å². The van der Waals surface area contributed by atoms with Crippen LogP contribution >= 0.6 is 0 Å². The van der Waals surface area contributed by atoms with E-state index < -0.39 is 0 Å². The lowest BCUT2D eigenvalue weighted by molar-refractivity contribution is -0.0687. The zero-order chi connectivity index (χ0) is 20.8. The fourth-order valence-corrected chi connectivity index (χ4v) is 6.58. The highest BCUT2D eigenvalue weighted by atomic mass is 15.3. The first-order valence-electron chi connectivity index (χ1n) is 12.7. The first-order chi connectivity index (χ1) is 13.7. The van der Waals surface area contributed by atoms with Crippen LogP contribution in [0.2, 0.25) is 0 Å². The molecule has 0 N–H and O–H groups in total. The fraction of sp³-hybridized carbons (Fsp3) is 1.00. The lowest BCUT2D eigenvalue weighted by Gasteiger charge is -2.56. The number of nitrogens with zero attached hydrogens (tertiary/aromatic N) is 4. The highest BCUT2D eigenvalue weighted by Gasteiger charge is 2.49. The molecular weight excluding hydrogens is 356 g/mol. The first-order valence-corrected chi connectivity index (χ1v) is 12.7. The molecule has 4 aliphatic heterocycles. The Hall–Kier alpha value is -0.160. The van der Waals surface area contributed by atoms with Crippen LogP contribution in [-0.2, 0) is 0 Å². The number of piperidine rings is 1. The van der Waals surface area contributed by atoms with Crippen LogP contribution in [0.25, 0.3) is 0 Å². The van der Waals surface area contributed by atoms with Gasteiger partial charge in [-0.3, -0.25) is 9.80 Å². The molecule has 4 fully saturated rings. The van der Waals surface area contributed by atoms with Crippen LogP contribution in [0.4, 0.5) is 0 Å². The van der Waals surface area contributed by atoms with Gasteiger partial charge >= 0.3 is 0 Å². The Morgan fingerprint density at radius 2 is 0.931 bits per heavy atom. The third-order valence-corrected chi connectivity index (χ3v) is 9.19. The van der Waals surface area contributed by atoms with E-state index >= 15 is 0 Å². The first kappa shape index (κ1) is 22.0. The van der Waals surface area contributed by atoms with Gasteiger partial charge in [0.15, 0.2) is 0 Å². The van der Waals surface area contributed by atoms with Crippen molar-refractivity contribution in [2.75, 3.05) is 52.4 Å². The molecule has 2 unspecified atom stereocenters. The maximum Gasteiger partial charge on any atom is 0.00972 e. The summed E-state index contributed by atoms with van der Waals surface area (Å²) in [5.41, 5.74) is 1.31. The number of hydrogen-bond acceptors (Lipinski definition) is 4. The summed E-state index contributed by atoms with van der Waals surface area (Å²) in [5, 5.41) is 0. The molecule has 4 saturated heterocycles. The van der Waals surface area contributed by atoms with E-state index in [1.54, 1.807) is 0 Å². The smallest absolute Gasteiger partial charge is 0.00972 e. The molecule has 0 saturated carbocycles. The van der Waals surface area contributed by atoms with Gasteiger partial charge in [-0.15, -0.1) is 0 Å². The summed E-state index contributed by atoms with van der Waals surface area (Å²) >= 11 is 0. The summed E-state index contributed by atoms with van der Waals surface area (Å²) in [4.78, 5) is 10.9. The zero-order valence-corrected chi connectivity index (χ0v) is 20.3. The summed E-state index contributed by atoms with van der Waals surface area (Å²) in [7, 11) is 0. The Kier molecular flexibility index (Phi) is 6.39. The molecule has 0 aromatic heterocycles. The average molecular weight is 405 g/mol. The van der Waals surface area contributed by atoms with Gasteiger partial charge < -0.3 is 9.80 Å². The lowest BCUT2D eigenvalue weighted by Crippen LogP contribution is -2.62. The normalized spacial score (nSPS) is 30.2. The summed E-state index contributed by atoms with van der Waals surface area (Å²) in [6, 6.07) is 2.98. The van der Waals surface area contributed by atoms with Crippen molar-refractivity contribution in [1.29, 1.82) is 0 Å². The van der Waals surface area contributed by atoms with Crippen LogP contribution < -0.4 is 0 Å². The topological polar surface area (TPSA) is 13.0 Å². The second-order valence-electron chi connectivity index (χ2n) is 12.0. The molecule has 0 aliphatic carbocycles. The van der Waals surface area contributed by atoms with Crippen molar-refractivity contribution < 1.29 is 0 Å². The van der Waals surface area contributed by atoms with Gasteiger partial charge in [0.05, 0.1) is 0 Å². The van der Waals surface area contributed by atoms with Gasteiger partial charge in [-0.05, 0) is 98.7 Å². The van der Waals surface area contributed by atoms with Crippen LogP contribution in [0.3, 0.4) is 0 Å². The number of rotatable bonds is 7. The maximum atomic E-state index is 2.80. The minimum atomic E-state index is 0.637. The van der Waals surface area contributed by atoms with E-state index in [2.05, 4.69) is 61.1 Å². The minimum absolute atomic E-state index is 0.637. The van der Waals surface area contributed by atoms with Crippen molar-refractivity contribution in [2.24, 2.45) is 10.8 Å². The minimum Gasteiger partial charge on any atom is -0.301 e. The number of likely N-dealkylation sites (tertiary alicyclic amines) is 4. The summed E-state index contributed by atoms with van der Waals surface area (Å²) < 4.78 is 0. The fourth-order valence-electron chi connectivity index (χ4n) is 6.58. The van der Waals surface area contributed by atoms with E-state index in [0.717, 1.165) is 24.2 Å². The van der Waals surface area contributed by atoms with E-state index in [1.165, 1.54) is 84.5 Å². The quantitative estimate of drug-likeness (QED) is 0.640. The summed E-state index contributed by atoms with van der Waals surface area (Å²) in [6.07, 6.45) is 7.02. The molecule has 4 heteroatoms. The Morgan fingerprint density at radius 3 is 1.45 bits per heavy atom. The van der Waals surface area contributed by atoms with Crippen LogP contribution in [0.15, 0.2) is 0 Å². The highest BCUT2D eigenvalue weighted by Crippen LogP contribution is 2.43. The van der Waals surface area contributed by atoms with Gasteiger partial charge in [0.2, 0.25) is 0 Å². The average Bonchev–Trinajstić information content (AvgIpc) is 3.09. The number of hydrogen-bond donors (Lipinski definition) is 0. The van der Waals surface area contributed by atoms with Crippen LogP contribution in [0.5, 0.6) is 0 Å². The predicted molar refractivity (Wildman–Crippen MR) is 123 cm³/mol.